The summed E-state index contributed by atoms with van der Waals surface area (Å²) in [6.45, 7) is 7.10. The predicted molar refractivity (Wildman–Crippen MR) is 101 cm³/mol. The Morgan fingerprint density at radius 3 is 2.59 bits per heavy atom. The van der Waals surface area contributed by atoms with Gasteiger partial charge in [-0.3, -0.25) is 14.4 Å². The van der Waals surface area contributed by atoms with Crippen molar-refractivity contribution in [2.24, 2.45) is 11.8 Å². The molecule has 0 bridgehead atoms. The van der Waals surface area contributed by atoms with Crippen LogP contribution in [-0.2, 0) is 19.1 Å². The number of hydrogen-bond acceptors (Lipinski definition) is 5. The van der Waals surface area contributed by atoms with Crippen LogP contribution in [0, 0.1) is 11.8 Å². The maximum absolute atomic E-state index is 12.3. The van der Waals surface area contributed by atoms with Gasteiger partial charge in [-0.05, 0) is 43.5 Å². The summed E-state index contributed by atoms with van der Waals surface area (Å²) >= 11 is 0. The Hall–Kier alpha value is -2.57. The van der Waals surface area contributed by atoms with Crippen LogP contribution in [0.3, 0.4) is 0 Å². The first-order valence-electron chi connectivity index (χ1n) is 9.37. The first kappa shape index (κ1) is 20.7. The maximum atomic E-state index is 12.3. The van der Waals surface area contributed by atoms with Gasteiger partial charge in [-0.1, -0.05) is 13.8 Å². The summed E-state index contributed by atoms with van der Waals surface area (Å²) in [4.78, 5) is 37.7. The third-order valence-corrected chi connectivity index (χ3v) is 4.31. The second-order valence-corrected chi connectivity index (χ2v) is 6.97. The van der Waals surface area contributed by atoms with E-state index < -0.39 is 11.9 Å². The van der Waals surface area contributed by atoms with E-state index in [1.54, 1.807) is 29.2 Å². The number of nitrogens with zero attached hydrogens (tertiary/aromatic N) is 1. The number of amides is 2. The Labute approximate surface area is 160 Å². The van der Waals surface area contributed by atoms with E-state index in [1.165, 1.54) is 0 Å². The summed E-state index contributed by atoms with van der Waals surface area (Å²) in [5.74, 6) is -0.319. The molecule has 0 saturated carbocycles. The molecule has 0 radical (unpaired) electrons. The predicted octanol–water partition coefficient (Wildman–Crippen LogP) is 2.14. The van der Waals surface area contributed by atoms with Gasteiger partial charge in [-0.25, -0.2) is 0 Å². The molecule has 1 aliphatic rings. The number of carbonyl (C=O) groups is 3. The molecular formula is C20H28N2O5. The van der Waals surface area contributed by atoms with Gasteiger partial charge in [0.15, 0.2) is 6.61 Å². The van der Waals surface area contributed by atoms with Gasteiger partial charge in [-0.15, -0.1) is 0 Å². The maximum Gasteiger partial charge on any atom is 0.311 e. The molecule has 148 valence electrons. The van der Waals surface area contributed by atoms with E-state index in [0.29, 0.717) is 24.8 Å². The Bertz CT molecular complexity index is 657. The smallest absolute Gasteiger partial charge is 0.311 e. The highest BCUT2D eigenvalue weighted by Gasteiger charge is 2.36. The third kappa shape index (κ3) is 6.27. The molecule has 1 heterocycles. The van der Waals surface area contributed by atoms with Gasteiger partial charge in [0, 0.05) is 25.2 Å². The molecule has 27 heavy (non-hydrogen) atoms. The quantitative estimate of drug-likeness (QED) is 0.668. The monoisotopic (exact) mass is 376 g/mol. The van der Waals surface area contributed by atoms with Crippen molar-refractivity contribution in [3.05, 3.63) is 24.3 Å². The van der Waals surface area contributed by atoms with Gasteiger partial charge in [0.25, 0.3) is 5.91 Å². The van der Waals surface area contributed by atoms with E-state index in [9.17, 15) is 14.4 Å². The van der Waals surface area contributed by atoms with Crippen molar-refractivity contribution in [3.63, 3.8) is 0 Å². The Kier molecular flexibility index (Phi) is 7.64. The molecule has 0 aliphatic carbocycles. The summed E-state index contributed by atoms with van der Waals surface area (Å²) in [7, 11) is 0. The zero-order valence-corrected chi connectivity index (χ0v) is 16.2. The van der Waals surface area contributed by atoms with Crippen molar-refractivity contribution < 1.29 is 23.9 Å². The van der Waals surface area contributed by atoms with Crippen molar-refractivity contribution in [1.29, 1.82) is 0 Å². The van der Waals surface area contributed by atoms with E-state index in [1.807, 2.05) is 6.92 Å². The number of anilines is 1. The Morgan fingerprint density at radius 2 is 1.96 bits per heavy atom. The highest BCUT2D eigenvalue weighted by atomic mass is 16.5. The normalized spacial score (nSPS) is 16.5. The minimum absolute atomic E-state index is 0.0843. The van der Waals surface area contributed by atoms with Crippen molar-refractivity contribution in [2.75, 3.05) is 31.2 Å². The van der Waals surface area contributed by atoms with E-state index in [0.717, 1.165) is 12.2 Å². The second kappa shape index (κ2) is 9.94. The number of rotatable bonds is 9. The fourth-order valence-corrected chi connectivity index (χ4v) is 2.81. The van der Waals surface area contributed by atoms with Gasteiger partial charge >= 0.3 is 5.97 Å². The molecule has 7 heteroatoms. The summed E-state index contributed by atoms with van der Waals surface area (Å²) in [6, 6.07) is 7.16. The lowest BCUT2D eigenvalue weighted by molar-refractivity contribution is -0.152. The van der Waals surface area contributed by atoms with Crippen LogP contribution in [0.5, 0.6) is 5.75 Å². The first-order chi connectivity index (χ1) is 12.9. The second-order valence-electron chi connectivity index (χ2n) is 6.97. The van der Waals surface area contributed by atoms with Gasteiger partial charge in [0.05, 0.1) is 12.5 Å². The van der Waals surface area contributed by atoms with Crippen LogP contribution in [-0.4, -0.2) is 44.1 Å². The zero-order valence-electron chi connectivity index (χ0n) is 16.2. The minimum Gasteiger partial charge on any atom is -0.494 e. The minimum atomic E-state index is -0.562. The van der Waals surface area contributed by atoms with E-state index in [-0.39, 0.29) is 31.4 Å². The Morgan fingerprint density at radius 1 is 1.26 bits per heavy atom. The van der Waals surface area contributed by atoms with Crippen molar-refractivity contribution in [3.8, 4) is 5.75 Å². The van der Waals surface area contributed by atoms with Gasteiger partial charge in [-0.2, -0.15) is 0 Å². The van der Waals surface area contributed by atoms with Crippen LogP contribution >= 0.6 is 0 Å². The number of hydrogen-bond donors (Lipinski definition) is 1. The molecule has 7 nitrogen and oxygen atoms in total. The van der Waals surface area contributed by atoms with Crippen LogP contribution in [0.4, 0.5) is 5.69 Å². The van der Waals surface area contributed by atoms with E-state index >= 15 is 0 Å². The number of ether oxygens (including phenoxy) is 2. The van der Waals surface area contributed by atoms with E-state index in [2.05, 4.69) is 19.2 Å². The van der Waals surface area contributed by atoms with Crippen molar-refractivity contribution >= 4 is 23.5 Å². The SMILES string of the molecule is CCOc1ccc(N2CC(C(=O)OCC(=O)NCCC(C)C)CC2=O)cc1. The Balaban J connectivity index is 1.81. The molecule has 1 unspecified atom stereocenters. The summed E-state index contributed by atoms with van der Waals surface area (Å²) in [5, 5.41) is 2.71. The molecule has 1 fully saturated rings. The molecule has 1 N–H and O–H groups in total. The van der Waals surface area contributed by atoms with Crippen LogP contribution in [0.1, 0.15) is 33.6 Å². The third-order valence-electron chi connectivity index (χ3n) is 4.31. The molecule has 1 atom stereocenters. The van der Waals surface area contributed by atoms with Crippen LogP contribution in [0.25, 0.3) is 0 Å². The highest BCUT2D eigenvalue weighted by Crippen LogP contribution is 2.27. The molecule has 2 rings (SSSR count). The largest absolute Gasteiger partial charge is 0.494 e. The molecular weight excluding hydrogens is 348 g/mol. The van der Waals surface area contributed by atoms with Gasteiger partial charge in [0.2, 0.25) is 5.91 Å². The molecule has 1 aromatic carbocycles. The fourth-order valence-electron chi connectivity index (χ4n) is 2.81. The molecule has 1 aromatic rings. The lowest BCUT2D eigenvalue weighted by Gasteiger charge is -2.17. The van der Waals surface area contributed by atoms with Crippen LogP contribution < -0.4 is 15.0 Å². The van der Waals surface area contributed by atoms with E-state index in [4.69, 9.17) is 9.47 Å². The lowest BCUT2D eigenvalue weighted by atomic mass is 10.1. The summed E-state index contributed by atoms with van der Waals surface area (Å²) < 4.78 is 10.5. The fraction of sp³-hybridized carbons (Fsp3) is 0.550. The van der Waals surface area contributed by atoms with Crippen LogP contribution in [0.15, 0.2) is 24.3 Å². The standard InChI is InChI=1S/C20H28N2O5/c1-4-26-17-7-5-16(6-8-17)22-12-15(11-19(22)24)20(25)27-13-18(23)21-10-9-14(2)3/h5-8,14-15H,4,9-13H2,1-3H3,(H,21,23). The molecule has 1 saturated heterocycles. The van der Waals surface area contributed by atoms with Gasteiger partial charge in [0.1, 0.15) is 5.75 Å². The average molecular weight is 376 g/mol. The number of esters is 1. The number of carbonyl (C=O) groups excluding carboxylic acids is 3. The molecule has 0 aromatic heterocycles. The summed E-state index contributed by atoms with van der Waals surface area (Å²) in [6.07, 6.45) is 0.953. The number of benzene rings is 1. The first-order valence-corrected chi connectivity index (χ1v) is 9.37. The average Bonchev–Trinajstić information content (AvgIpc) is 3.02. The molecule has 2 amide bonds. The molecule has 1 aliphatic heterocycles. The topological polar surface area (TPSA) is 84.9 Å². The number of nitrogens with one attached hydrogen (secondary N) is 1. The molecule has 0 spiro atoms. The highest BCUT2D eigenvalue weighted by molar-refractivity contribution is 5.99. The van der Waals surface area contributed by atoms with Crippen LogP contribution in [0.2, 0.25) is 0 Å². The van der Waals surface area contributed by atoms with Gasteiger partial charge < -0.3 is 19.7 Å². The summed E-state index contributed by atoms with van der Waals surface area (Å²) in [5.41, 5.74) is 0.713. The van der Waals surface area contributed by atoms with Crippen molar-refractivity contribution in [1.82, 2.24) is 5.32 Å². The van der Waals surface area contributed by atoms with Crippen molar-refractivity contribution in [2.45, 2.75) is 33.6 Å². The zero-order chi connectivity index (χ0) is 19.8. The lowest BCUT2D eigenvalue weighted by Crippen LogP contribution is -2.32.